The molecule has 2 rings (SSSR count). The summed E-state index contributed by atoms with van der Waals surface area (Å²) >= 11 is 0. The Morgan fingerprint density at radius 1 is 1.21 bits per heavy atom. The fraction of sp³-hybridized carbons (Fsp3) is 0.467. The molecule has 0 aliphatic carbocycles. The van der Waals surface area contributed by atoms with Crippen molar-refractivity contribution in [2.45, 2.75) is 40.2 Å². The van der Waals surface area contributed by atoms with Crippen molar-refractivity contribution in [3.8, 4) is 0 Å². The lowest BCUT2D eigenvalue weighted by atomic mass is 10.2. The number of unbranched alkanes of at least 4 members (excludes halogenated alkanes) is 1. The summed E-state index contributed by atoms with van der Waals surface area (Å²) in [4.78, 5) is 8.86. The van der Waals surface area contributed by atoms with Gasteiger partial charge in [-0.15, -0.1) is 0 Å². The van der Waals surface area contributed by atoms with E-state index in [1.807, 2.05) is 26.1 Å². The molecule has 2 aromatic rings. The van der Waals surface area contributed by atoms with E-state index in [0.717, 1.165) is 36.8 Å². The molecule has 0 unspecified atom stereocenters. The first kappa shape index (κ1) is 13.6. The summed E-state index contributed by atoms with van der Waals surface area (Å²) in [5.41, 5.74) is 3.28. The van der Waals surface area contributed by atoms with Gasteiger partial charge in [0.1, 0.15) is 0 Å². The number of nitrogens with one attached hydrogen (secondary N) is 1. The van der Waals surface area contributed by atoms with Crippen LogP contribution in [0.15, 0.2) is 24.5 Å². The topological polar surface area (TPSA) is 42.7 Å². The third-order valence-electron chi connectivity index (χ3n) is 3.04. The third kappa shape index (κ3) is 3.81. The molecule has 4 heteroatoms. The van der Waals surface area contributed by atoms with Crippen LogP contribution < -0.4 is 5.32 Å². The van der Waals surface area contributed by atoms with Crippen LogP contribution in [0.2, 0.25) is 0 Å². The fourth-order valence-electron chi connectivity index (χ4n) is 1.97. The molecular formula is C15H22N4. The molecule has 0 aliphatic heterocycles. The van der Waals surface area contributed by atoms with E-state index in [9.17, 15) is 0 Å². The van der Waals surface area contributed by atoms with Gasteiger partial charge >= 0.3 is 0 Å². The van der Waals surface area contributed by atoms with Crippen LogP contribution >= 0.6 is 0 Å². The van der Waals surface area contributed by atoms with Crippen molar-refractivity contribution < 1.29 is 0 Å². The largest absolute Gasteiger partial charge is 0.356 e. The lowest BCUT2D eigenvalue weighted by Crippen LogP contribution is -2.09. The quantitative estimate of drug-likeness (QED) is 0.809. The molecule has 0 bridgehead atoms. The highest BCUT2D eigenvalue weighted by atomic mass is 15.2. The maximum Gasteiger partial charge on any atom is 0.203 e. The van der Waals surface area contributed by atoms with Gasteiger partial charge in [0.05, 0.1) is 12.2 Å². The maximum absolute atomic E-state index is 4.53. The number of aromatic nitrogens is 3. The average Bonchev–Trinajstić information content (AvgIpc) is 2.73. The summed E-state index contributed by atoms with van der Waals surface area (Å²) in [6.07, 6.45) is 6.36. The third-order valence-corrected chi connectivity index (χ3v) is 3.04. The van der Waals surface area contributed by atoms with Crippen molar-refractivity contribution in [1.29, 1.82) is 0 Å². The van der Waals surface area contributed by atoms with E-state index < -0.39 is 0 Å². The van der Waals surface area contributed by atoms with E-state index in [4.69, 9.17) is 0 Å². The van der Waals surface area contributed by atoms with Crippen molar-refractivity contribution in [3.05, 3.63) is 41.5 Å². The Morgan fingerprint density at radius 2 is 2.05 bits per heavy atom. The summed E-state index contributed by atoms with van der Waals surface area (Å²) in [5.74, 6) is 0.950. The highest BCUT2D eigenvalue weighted by Crippen LogP contribution is 2.12. The van der Waals surface area contributed by atoms with Crippen LogP contribution in [0.4, 0.5) is 5.95 Å². The number of nitrogens with zero attached hydrogens (tertiary/aromatic N) is 3. The summed E-state index contributed by atoms with van der Waals surface area (Å²) < 4.78 is 2.15. The smallest absolute Gasteiger partial charge is 0.203 e. The van der Waals surface area contributed by atoms with Gasteiger partial charge in [-0.3, -0.25) is 4.98 Å². The van der Waals surface area contributed by atoms with E-state index in [-0.39, 0.29) is 0 Å². The predicted molar refractivity (Wildman–Crippen MR) is 78.4 cm³/mol. The Bertz CT molecular complexity index is 513. The van der Waals surface area contributed by atoms with Crippen LogP contribution in [0.25, 0.3) is 0 Å². The van der Waals surface area contributed by atoms with Gasteiger partial charge in [0.2, 0.25) is 5.95 Å². The molecule has 0 amide bonds. The first-order valence-electron chi connectivity index (χ1n) is 6.88. The number of anilines is 1. The predicted octanol–water partition coefficient (Wildman–Crippen LogP) is 3.16. The highest BCUT2D eigenvalue weighted by molar-refractivity contribution is 5.30. The lowest BCUT2D eigenvalue weighted by Gasteiger charge is -2.09. The Kier molecular flexibility index (Phi) is 4.55. The van der Waals surface area contributed by atoms with Crippen molar-refractivity contribution in [1.82, 2.24) is 14.5 Å². The monoisotopic (exact) mass is 258 g/mol. The second-order valence-electron chi connectivity index (χ2n) is 4.92. The standard InChI is InChI=1S/C15H22N4/c1-4-5-8-16-15-18-13(3)10-19(15)11-14-7-6-12(2)17-9-14/h6-7,9-10H,4-5,8,11H2,1-3H3,(H,16,18). The van der Waals surface area contributed by atoms with Gasteiger partial charge in [-0.1, -0.05) is 19.4 Å². The second kappa shape index (κ2) is 6.36. The van der Waals surface area contributed by atoms with Crippen LogP contribution in [-0.4, -0.2) is 21.1 Å². The Morgan fingerprint density at radius 3 is 2.74 bits per heavy atom. The Labute approximate surface area is 114 Å². The first-order valence-corrected chi connectivity index (χ1v) is 6.88. The molecule has 0 spiro atoms. The molecule has 0 atom stereocenters. The molecule has 0 saturated carbocycles. The average molecular weight is 258 g/mol. The van der Waals surface area contributed by atoms with Crippen LogP contribution in [-0.2, 0) is 6.54 Å². The molecule has 0 saturated heterocycles. The molecule has 19 heavy (non-hydrogen) atoms. The van der Waals surface area contributed by atoms with E-state index in [1.54, 1.807) is 0 Å². The molecule has 0 radical (unpaired) electrons. The van der Waals surface area contributed by atoms with Crippen molar-refractivity contribution in [2.75, 3.05) is 11.9 Å². The van der Waals surface area contributed by atoms with E-state index in [2.05, 4.69) is 39.0 Å². The normalized spacial score (nSPS) is 10.7. The molecule has 0 aliphatic rings. The molecule has 102 valence electrons. The SMILES string of the molecule is CCCCNc1nc(C)cn1Cc1ccc(C)nc1. The molecular weight excluding hydrogens is 236 g/mol. The van der Waals surface area contributed by atoms with Gasteiger partial charge in [0, 0.05) is 24.6 Å². The molecule has 2 heterocycles. The number of hydrogen-bond donors (Lipinski definition) is 1. The van der Waals surface area contributed by atoms with Crippen LogP contribution in [0.1, 0.15) is 36.7 Å². The molecule has 1 N–H and O–H groups in total. The molecule has 4 nitrogen and oxygen atoms in total. The first-order chi connectivity index (χ1) is 9.19. The van der Waals surface area contributed by atoms with Crippen LogP contribution in [0.5, 0.6) is 0 Å². The lowest BCUT2D eigenvalue weighted by molar-refractivity contribution is 0.772. The number of hydrogen-bond acceptors (Lipinski definition) is 3. The van der Waals surface area contributed by atoms with E-state index in [0.29, 0.717) is 0 Å². The van der Waals surface area contributed by atoms with E-state index >= 15 is 0 Å². The minimum Gasteiger partial charge on any atom is -0.356 e. The van der Waals surface area contributed by atoms with Crippen molar-refractivity contribution in [2.24, 2.45) is 0 Å². The minimum atomic E-state index is 0.808. The number of aryl methyl sites for hydroxylation is 2. The van der Waals surface area contributed by atoms with Crippen LogP contribution in [0.3, 0.4) is 0 Å². The zero-order valence-electron chi connectivity index (χ0n) is 12.0. The molecule has 0 fully saturated rings. The van der Waals surface area contributed by atoms with Gasteiger partial charge in [-0.25, -0.2) is 4.98 Å². The molecule has 0 aromatic carbocycles. The highest BCUT2D eigenvalue weighted by Gasteiger charge is 2.05. The van der Waals surface area contributed by atoms with Gasteiger partial charge in [-0.05, 0) is 31.9 Å². The number of pyridine rings is 1. The Balaban J connectivity index is 2.08. The van der Waals surface area contributed by atoms with E-state index in [1.165, 1.54) is 12.0 Å². The zero-order valence-corrected chi connectivity index (χ0v) is 12.0. The maximum atomic E-state index is 4.53. The Hall–Kier alpha value is -1.84. The van der Waals surface area contributed by atoms with Crippen molar-refractivity contribution in [3.63, 3.8) is 0 Å². The zero-order chi connectivity index (χ0) is 13.7. The summed E-state index contributed by atoms with van der Waals surface area (Å²) in [6, 6.07) is 4.16. The summed E-state index contributed by atoms with van der Waals surface area (Å²) in [5, 5.41) is 3.40. The van der Waals surface area contributed by atoms with Crippen molar-refractivity contribution >= 4 is 5.95 Å². The van der Waals surface area contributed by atoms with Gasteiger partial charge < -0.3 is 9.88 Å². The van der Waals surface area contributed by atoms with Gasteiger partial charge in [-0.2, -0.15) is 0 Å². The summed E-state index contributed by atoms with van der Waals surface area (Å²) in [6.45, 7) is 8.00. The van der Waals surface area contributed by atoms with Crippen LogP contribution in [0, 0.1) is 13.8 Å². The summed E-state index contributed by atoms with van der Waals surface area (Å²) in [7, 11) is 0. The number of imidazole rings is 1. The van der Waals surface area contributed by atoms with Gasteiger partial charge in [0.25, 0.3) is 0 Å². The minimum absolute atomic E-state index is 0.808. The molecule has 2 aromatic heterocycles. The second-order valence-corrected chi connectivity index (χ2v) is 4.92. The number of rotatable bonds is 6. The van der Waals surface area contributed by atoms with Gasteiger partial charge in [0.15, 0.2) is 0 Å². The fourth-order valence-corrected chi connectivity index (χ4v) is 1.97.